The molecule has 2 saturated heterocycles. The highest BCUT2D eigenvalue weighted by Crippen LogP contribution is 2.30. The van der Waals surface area contributed by atoms with Crippen molar-refractivity contribution in [1.29, 1.82) is 5.26 Å². The topological polar surface area (TPSA) is 81.5 Å². The molecular weight excluding hydrogens is 390 g/mol. The smallest absolute Gasteiger partial charge is 0.223 e. The maximum absolute atomic E-state index is 12.1. The van der Waals surface area contributed by atoms with Crippen LogP contribution in [0.2, 0.25) is 0 Å². The fourth-order valence-electron chi connectivity index (χ4n) is 4.85. The van der Waals surface area contributed by atoms with Crippen molar-refractivity contribution in [2.75, 3.05) is 44.2 Å². The van der Waals surface area contributed by atoms with E-state index in [4.69, 9.17) is 4.74 Å². The number of carbonyl (C=O) groups excluding carboxylic acids is 1. The minimum absolute atomic E-state index is 0.104. The van der Waals surface area contributed by atoms with E-state index in [0.29, 0.717) is 12.1 Å². The highest BCUT2D eigenvalue weighted by Gasteiger charge is 2.30. The van der Waals surface area contributed by atoms with E-state index < -0.39 is 0 Å². The lowest BCUT2D eigenvalue weighted by Gasteiger charge is -2.41. The third kappa shape index (κ3) is 4.81. The molecule has 0 unspecified atom stereocenters. The molecule has 2 aliphatic heterocycles. The standard InChI is InChI=1S/C24H31N5O2/c1-3-26-24(30)18-8-11-28(12-9-18)15-20-16-29(14-17(2)31-20)22-7-6-19(13-25)23-21(22)5-4-10-27-23/h4-7,10,17-18,20H,3,8-9,11-12,14-16H2,1-2H3,(H,26,30)/t17-,20+/m1/s1. The third-order valence-electron chi connectivity index (χ3n) is 6.31. The number of hydrogen-bond donors (Lipinski definition) is 1. The van der Waals surface area contributed by atoms with Gasteiger partial charge in [0.05, 0.1) is 23.3 Å². The van der Waals surface area contributed by atoms with E-state index in [1.807, 2.05) is 31.2 Å². The lowest BCUT2D eigenvalue weighted by Crippen LogP contribution is -2.52. The summed E-state index contributed by atoms with van der Waals surface area (Å²) in [6, 6.07) is 10.1. The molecule has 31 heavy (non-hydrogen) atoms. The van der Waals surface area contributed by atoms with Crippen LogP contribution in [0.25, 0.3) is 10.9 Å². The Morgan fingerprint density at radius 2 is 2.10 bits per heavy atom. The molecule has 2 fully saturated rings. The van der Waals surface area contributed by atoms with Crippen molar-refractivity contribution >= 4 is 22.5 Å². The Bertz CT molecular complexity index is 964. The Hall–Kier alpha value is -2.69. The number of fused-ring (bicyclic) bond motifs is 1. The second-order valence-electron chi connectivity index (χ2n) is 8.59. The van der Waals surface area contributed by atoms with Crippen molar-refractivity contribution in [2.24, 2.45) is 5.92 Å². The van der Waals surface area contributed by atoms with E-state index in [0.717, 1.165) is 62.2 Å². The predicted octanol–water partition coefficient (Wildman–Crippen LogP) is 2.55. The summed E-state index contributed by atoms with van der Waals surface area (Å²) in [5, 5.41) is 13.4. The molecule has 1 N–H and O–H groups in total. The number of nitrogens with zero attached hydrogens (tertiary/aromatic N) is 4. The lowest BCUT2D eigenvalue weighted by atomic mass is 9.95. The summed E-state index contributed by atoms with van der Waals surface area (Å²) in [4.78, 5) is 21.3. The maximum Gasteiger partial charge on any atom is 0.223 e. The van der Waals surface area contributed by atoms with Gasteiger partial charge in [-0.25, -0.2) is 0 Å². The zero-order valence-electron chi connectivity index (χ0n) is 18.4. The summed E-state index contributed by atoms with van der Waals surface area (Å²) in [5.41, 5.74) is 2.47. The van der Waals surface area contributed by atoms with Gasteiger partial charge in [-0.15, -0.1) is 0 Å². The first kappa shape index (κ1) is 21.5. The molecule has 2 aliphatic rings. The summed E-state index contributed by atoms with van der Waals surface area (Å²) in [5.74, 6) is 0.327. The first-order chi connectivity index (χ1) is 15.1. The molecule has 4 rings (SSSR count). The lowest BCUT2D eigenvalue weighted by molar-refractivity contribution is -0.126. The van der Waals surface area contributed by atoms with Crippen LogP contribution in [0, 0.1) is 17.2 Å². The highest BCUT2D eigenvalue weighted by atomic mass is 16.5. The molecule has 1 aromatic heterocycles. The van der Waals surface area contributed by atoms with Gasteiger partial charge in [-0.3, -0.25) is 9.78 Å². The van der Waals surface area contributed by atoms with Crippen molar-refractivity contribution in [3.05, 3.63) is 36.0 Å². The average Bonchev–Trinajstić information content (AvgIpc) is 2.78. The first-order valence-corrected chi connectivity index (χ1v) is 11.3. The molecule has 164 valence electrons. The minimum Gasteiger partial charge on any atom is -0.370 e. The summed E-state index contributed by atoms with van der Waals surface area (Å²) in [6.45, 7) is 9.12. The van der Waals surface area contributed by atoms with Gasteiger partial charge in [-0.2, -0.15) is 5.26 Å². The van der Waals surface area contributed by atoms with Gasteiger partial charge < -0.3 is 19.9 Å². The summed E-state index contributed by atoms with van der Waals surface area (Å²) >= 11 is 0. The van der Waals surface area contributed by atoms with E-state index in [2.05, 4.69) is 33.1 Å². The Morgan fingerprint density at radius 1 is 1.29 bits per heavy atom. The van der Waals surface area contributed by atoms with Crippen molar-refractivity contribution in [3.8, 4) is 6.07 Å². The van der Waals surface area contributed by atoms with Gasteiger partial charge in [0.15, 0.2) is 0 Å². The van der Waals surface area contributed by atoms with Crippen molar-refractivity contribution < 1.29 is 9.53 Å². The van der Waals surface area contributed by atoms with Crippen LogP contribution in [-0.2, 0) is 9.53 Å². The van der Waals surface area contributed by atoms with Crippen LogP contribution >= 0.6 is 0 Å². The number of hydrogen-bond acceptors (Lipinski definition) is 6. The van der Waals surface area contributed by atoms with Crippen LogP contribution < -0.4 is 10.2 Å². The van der Waals surface area contributed by atoms with Gasteiger partial charge in [0.2, 0.25) is 5.91 Å². The Balaban J connectivity index is 1.44. The minimum atomic E-state index is 0.104. The maximum atomic E-state index is 12.1. The number of aromatic nitrogens is 1. The second kappa shape index (κ2) is 9.63. The van der Waals surface area contributed by atoms with E-state index in [9.17, 15) is 10.1 Å². The van der Waals surface area contributed by atoms with Gasteiger partial charge >= 0.3 is 0 Å². The molecule has 0 radical (unpaired) electrons. The largest absolute Gasteiger partial charge is 0.370 e. The molecule has 3 heterocycles. The van der Waals surface area contributed by atoms with E-state index in [1.54, 1.807) is 6.20 Å². The van der Waals surface area contributed by atoms with Gasteiger partial charge in [0, 0.05) is 49.4 Å². The highest BCUT2D eigenvalue weighted by molar-refractivity contribution is 5.95. The number of piperidine rings is 1. The van der Waals surface area contributed by atoms with Crippen molar-refractivity contribution in [1.82, 2.24) is 15.2 Å². The van der Waals surface area contributed by atoms with Crippen LogP contribution in [0.15, 0.2) is 30.5 Å². The average molecular weight is 422 g/mol. The number of pyridine rings is 1. The second-order valence-corrected chi connectivity index (χ2v) is 8.59. The molecule has 1 aromatic carbocycles. The zero-order chi connectivity index (χ0) is 21.8. The van der Waals surface area contributed by atoms with E-state index >= 15 is 0 Å². The molecule has 0 spiro atoms. The molecule has 0 bridgehead atoms. The van der Waals surface area contributed by atoms with Crippen LogP contribution in [-0.4, -0.2) is 67.3 Å². The quantitative estimate of drug-likeness (QED) is 0.799. The van der Waals surface area contributed by atoms with E-state index in [1.165, 1.54) is 0 Å². The molecule has 7 heteroatoms. The molecule has 1 amide bonds. The summed E-state index contributed by atoms with van der Waals surface area (Å²) < 4.78 is 6.28. The van der Waals surface area contributed by atoms with Crippen LogP contribution in [0.3, 0.4) is 0 Å². The predicted molar refractivity (Wildman–Crippen MR) is 121 cm³/mol. The molecule has 2 aromatic rings. The number of rotatable bonds is 5. The number of morpholine rings is 1. The number of nitriles is 1. The number of likely N-dealkylation sites (tertiary alicyclic amines) is 1. The Labute approximate surface area is 184 Å². The molecule has 2 atom stereocenters. The van der Waals surface area contributed by atoms with Crippen LogP contribution in [0.5, 0.6) is 0 Å². The van der Waals surface area contributed by atoms with Gasteiger partial charge in [-0.05, 0) is 64.0 Å². The number of ether oxygens (including phenoxy) is 1. The van der Waals surface area contributed by atoms with Crippen LogP contribution in [0.4, 0.5) is 5.69 Å². The molecular formula is C24H31N5O2. The van der Waals surface area contributed by atoms with Gasteiger partial charge in [0.25, 0.3) is 0 Å². The normalized spacial score (nSPS) is 22.9. The SMILES string of the molecule is CCNC(=O)C1CCN(C[C@H]2CN(c3ccc(C#N)c4ncccc34)C[C@@H](C)O2)CC1. The zero-order valence-corrected chi connectivity index (χ0v) is 18.4. The monoisotopic (exact) mass is 421 g/mol. The number of nitrogens with one attached hydrogen (secondary N) is 1. The molecule has 0 aliphatic carbocycles. The number of carbonyl (C=O) groups is 1. The number of amides is 1. The fourth-order valence-corrected chi connectivity index (χ4v) is 4.85. The summed E-state index contributed by atoms with van der Waals surface area (Å²) in [6.07, 6.45) is 3.77. The van der Waals surface area contributed by atoms with Gasteiger partial charge in [0.1, 0.15) is 6.07 Å². The summed E-state index contributed by atoms with van der Waals surface area (Å²) in [7, 11) is 0. The Morgan fingerprint density at radius 3 is 2.84 bits per heavy atom. The third-order valence-corrected chi connectivity index (χ3v) is 6.31. The first-order valence-electron chi connectivity index (χ1n) is 11.3. The van der Waals surface area contributed by atoms with Gasteiger partial charge in [-0.1, -0.05) is 0 Å². The number of benzene rings is 1. The molecule has 7 nitrogen and oxygen atoms in total. The van der Waals surface area contributed by atoms with Crippen LogP contribution in [0.1, 0.15) is 32.3 Å². The van der Waals surface area contributed by atoms with E-state index in [-0.39, 0.29) is 24.0 Å². The Kier molecular flexibility index (Phi) is 6.69. The molecule has 0 saturated carbocycles. The number of anilines is 1. The van der Waals surface area contributed by atoms with Crippen molar-refractivity contribution in [3.63, 3.8) is 0 Å². The fraction of sp³-hybridized carbons (Fsp3) is 0.542. The van der Waals surface area contributed by atoms with Crippen molar-refractivity contribution in [2.45, 2.75) is 38.9 Å².